The Balaban J connectivity index is 2.30. The van der Waals surface area contributed by atoms with Gasteiger partial charge in [-0.3, -0.25) is 0 Å². The van der Waals surface area contributed by atoms with E-state index in [1.54, 1.807) is 19.9 Å². The highest BCUT2D eigenvalue weighted by molar-refractivity contribution is 9.10. The van der Waals surface area contributed by atoms with Crippen LogP contribution in [0.2, 0.25) is 0 Å². The largest absolute Gasteiger partial charge is 0.489 e. The van der Waals surface area contributed by atoms with Gasteiger partial charge in [0, 0.05) is 12.0 Å². The van der Waals surface area contributed by atoms with E-state index in [1.807, 2.05) is 12.1 Å². The molecule has 1 aromatic rings. The molecule has 4 nitrogen and oxygen atoms in total. The number of hydrogen-bond acceptors (Lipinski definition) is 4. The minimum atomic E-state index is -0.310. The van der Waals surface area contributed by atoms with E-state index >= 15 is 0 Å². The van der Waals surface area contributed by atoms with Crippen molar-refractivity contribution in [1.82, 2.24) is 0 Å². The average Bonchev–Trinajstić information content (AvgIpc) is 2.64. The van der Waals surface area contributed by atoms with Crippen molar-refractivity contribution in [3.05, 3.63) is 27.7 Å². The van der Waals surface area contributed by atoms with Crippen molar-refractivity contribution in [2.24, 2.45) is 0 Å². The van der Waals surface area contributed by atoms with Gasteiger partial charge in [-0.2, -0.15) is 0 Å². The summed E-state index contributed by atoms with van der Waals surface area (Å²) in [7, 11) is 0. The molecule has 108 valence electrons. The van der Waals surface area contributed by atoms with Crippen LogP contribution in [-0.4, -0.2) is 25.8 Å². The third-order valence-corrected chi connectivity index (χ3v) is 3.39. The second-order valence-corrected chi connectivity index (χ2v) is 5.28. The molecule has 1 aliphatic heterocycles. The van der Waals surface area contributed by atoms with E-state index in [1.165, 1.54) is 0 Å². The van der Waals surface area contributed by atoms with Crippen molar-refractivity contribution < 1.29 is 19.0 Å². The molecule has 20 heavy (non-hydrogen) atoms. The van der Waals surface area contributed by atoms with Gasteiger partial charge in [0.25, 0.3) is 0 Å². The molecule has 0 amide bonds. The van der Waals surface area contributed by atoms with Crippen LogP contribution in [0.5, 0.6) is 11.5 Å². The number of carbonyl (C=O) groups is 1. The first-order valence-electron chi connectivity index (χ1n) is 6.56. The van der Waals surface area contributed by atoms with E-state index in [-0.39, 0.29) is 5.97 Å². The van der Waals surface area contributed by atoms with Gasteiger partial charge in [0.1, 0.15) is 0 Å². The summed E-state index contributed by atoms with van der Waals surface area (Å²) in [5.41, 5.74) is 1.42. The Kier molecular flexibility index (Phi) is 5.06. The highest BCUT2D eigenvalue weighted by Crippen LogP contribution is 2.38. The number of fused-ring (bicyclic) bond motifs is 1. The van der Waals surface area contributed by atoms with Crippen molar-refractivity contribution in [3.8, 4) is 11.5 Å². The van der Waals surface area contributed by atoms with E-state index in [4.69, 9.17) is 14.2 Å². The highest BCUT2D eigenvalue weighted by Gasteiger charge is 2.15. The van der Waals surface area contributed by atoms with Gasteiger partial charge in [0.2, 0.25) is 0 Å². The third kappa shape index (κ3) is 3.54. The summed E-state index contributed by atoms with van der Waals surface area (Å²) in [5, 5.41) is 0. The number of benzene rings is 1. The first-order valence-corrected chi connectivity index (χ1v) is 7.35. The van der Waals surface area contributed by atoms with Crippen LogP contribution in [0.15, 0.2) is 22.2 Å². The highest BCUT2D eigenvalue weighted by atomic mass is 79.9. The van der Waals surface area contributed by atoms with Gasteiger partial charge in [-0.25, -0.2) is 4.79 Å². The maximum Gasteiger partial charge on any atom is 0.333 e. The molecule has 0 saturated carbocycles. The fourth-order valence-corrected chi connectivity index (χ4v) is 2.46. The second kappa shape index (κ2) is 6.79. The third-order valence-electron chi connectivity index (χ3n) is 2.81. The Morgan fingerprint density at radius 3 is 2.90 bits per heavy atom. The summed E-state index contributed by atoms with van der Waals surface area (Å²) >= 11 is 3.47. The van der Waals surface area contributed by atoms with Crippen molar-refractivity contribution in [3.63, 3.8) is 0 Å². The number of halogens is 1. The molecule has 0 saturated heterocycles. The van der Waals surface area contributed by atoms with Crippen molar-refractivity contribution >= 4 is 28.0 Å². The van der Waals surface area contributed by atoms with Gasteiger partial charge < -0.3 is 14.2 Å². The molecule has 0 fully saturated rings. The standard InChI is InChI=1S/C15H17BrO4/c1-3-18-15(17)10(2)7-11-8-12(16)14-13(9-11)19-5-4-6-20-14/h7-9H,3-6H2,1-2H3/b10-7+. The van der Waals surface area contributed by atoms with E-state index in [0.29, 0.717) is 36.9 Å². The predicted molar refractivity (Wildman–Crippen MR) is 80.0 cm³/mol. The van der Waals surface area contributed by atoms with Crippen LogP contribution in [0.3, 0.4) is 0 Å². The molecule has 5 heteroatoms. The molecule has 1 aromatic carbocycles. The SMILES string of the molecule is CCOC(=O)/C(C)=C/c1cc(Br)c2c(c1)OCCCO2. The molecule has 1 aliphatic rings. The van der Waals surface area contributed by atoms with E-state index in [0.717, 1.165) is 16.5 Å². The van der Waals surface area contributed by atoms with Crippen LogP contribution in [-0.2, 0) is 9.53 Å². The fourth-order valence-electron chi connectivity index (χ4n) is 1.89. The predicted octanol–water partition coefficient (Wildman–Crippen LogP) is 3.58. The Morgan fingerprint density at radius 1 is 1.40 bits per heavy atom. The molecule has 2 rings (SSSR count). The number of esters is 1. The van der Waals surface area contributed by atoms with Gasteiger partial charge in [-0.15, -0.1) is 0 Å². The van der Waals surface area contributed by atoms with Crippen molar-refractivity contribution in [1.29, 1.82) is 0 Å². The van der Waals surface area contributed by atoms with Gasteiger partial charge in [0.15, 0.2) is 11.5 Å². The lowest BCUT2D eigenvalue weighted by atomic mass is 10.1. The number of hydrogen-bond donors (Lipinski definition) is 0. The molecule has 0 N–H and O–H groups in total. The van der Waals surface area contributed by atoms with Crippen LogP contribution in [0.25, 0.3) is 6.08 Å². The Morgan fingerprint density at radius 2 is 2.15 bits per heavy atom. The first kappa shape index (κ1) is 14.9. The Labute approximate surface area is 126 Å². The molecule has 1 heterocycles. The minimum Gasteiger partial charge on any atom is -0.489 e. The average molecular weight is 341 g/mol. The van der Waals surface area contributed by atoms with E-state index < -0.39 is 0 Å². The summed E-state index contributed by atoms with van der Waals surface area (Å²) in [6.07, 6.45) is 2.63. The Hall–Kier alpha value is -1.49. The van der Waals surface area contributed by atoms with Crippen LogP contribution in [0, 0.1) is 0 Å². The smallest absolute Gasteiger partial charge is 0.333 e. The van der Waals surface area contributed by atoms with Crippen LogP contribution >= 0.6 is 15.9 Å². The normalized spacial score (nSPS) is 14.7. The van der Waals surface area contributed by atoms with Crippen LogP contribution < -0.4 is 9.47 Å². The summed E-state index contributed by atoms with van der Waals surface area (Å²) < 4.78 is 17.1. The zero-order valence-electron chi connectivity index (χ0n) is 11.6. The van der Waals surface area contributed by atoms with Gasteiger partial charge >= 0.3 is 5.97 Å². The van der Waals surface area contributed by atoms with Crippen molar-refractivity contribution in [2.45, 2.75) is 20.3 Å². The van der Waals surface area contributed by atoms with Gasteiger partial charge in [0.05, 0.1) is 24.3 Å². The zero-order chi connectivity index (χ0) is 14.5. The first-order chi connectivity index (χ1) is 9.61. The summed E-state index contributed by atoms with van der Waals surface area (Å²) in [4.78, 5) is 11.6. The topological polar surface area (TPSA) is 44.8 Å². The summed E-state index contributed by atoms with van der Waals surface area (Å²) in [6, 6.07) is 3.77. The summed E-state index contributed by atoms with van der Waals surface area (Å²) in [5.74, 6) is 1.10. The molecule has 0 aromatic heterocycles. The van der Waals surface area contributed by atoms with E-state index in [2.05, 4.69) is 15.9 Å². The Bertz CT molecular complexity index is 537. The lowest BCUT2D eigenvalue weighted by molar-refractivity contribution is -0.138. The minimum absolute atomic E-state index is 0.310. The van der Waals surface area contributed by atoms with Gasteiger partial charge in [-0.05, 0) is 53.5 Å². The second-order valence-electron chi connectivity index (χ2n) is 4.43. The molecule has 0 unspecified atom stereocenters. The molecule has 0 atom stereocenters. The number of rotatable bonds is 3. The van der Waals surface area contributed by atoms with Crippen molar-refractivity contribution in [2.75, 3.05) is 19.8 Å². The zero-order valence-corrected chi connectivity index (χ0v) is 13.2. The molecular formula is C15H17BrO4. The molecule has 0 radical (unpaired) electrons. The van der Waals surface area contributed by atoms with Gasteiger partial charge in [-0.1, -0.05) is 0 Å². The van der Waals surface area contributed by atoms with E-state index in [9.17, 15) is 4.79 Å². The number of ether oxygens (including phenoxy) is 3. The molecule has 0 aliphatic carbocycles. The maximum atomic E-state index is 11.6. The summed E-state index contributed by atoms with van der Waals surface area (Å²) in [6.45, 7) is 5.16. The quantitative estimate of drug-likeness (QED) is 0.623. The van der Waals surface area contributed by atoms with Crippen LogP contribution in [0.4, 0.5) is 0 Å². The molecule has 0 spiro atoms. The fraction of sp³-hybridized carbons (Fsp3) is 0.400. The number of carbonyl (C=O) groups excluding carboxylic acids is 1. The maximum absolute atomic E-state index is 11.6. The monoisotopic (exact) mass is 340 g/mol. The lowest BCUT2D eigenvalue weighted by Gasteiger charge is -2.10. The van der Waals surface area contributed by atoms with Crippen LogP contribution in [0.1, 0.15) is 25.8 Å². The lowest BCUT2D eigenvalue weighted by Crippen LogP contribution is -2.04. The molecular weight excluding hydrogens is 324 g/mol. The molecule has 0 bridgehead atoms.